The van der Waals surface area contributed by atoms with Crippen molar-refractivity contribution in [2.45, 2.75) is 13.2 Å². The van der Waals surface area contributed by atoms with E-state index in [4.69, 9.17) is 4.74 Å². The molecular formula is C15H12F2N6O2. The van der Waals surface area contributed by atoms with Gasteiger partial charge in [0.1, 0.15) is 36.0 Å². The number of anilines is 1. The average Bonchev–Trinajstić information content (AvgIpc) is 3.21. The molecule has 25 heavy (non-hydrogen) atoms. The van der Waals surface area contributed by atoms with Crippen molar-refractivity contribution in [3.63, 3.8) is 0 Å². The molecule has 1 amide bonds. The van der Waals surface area contributed by atoms with Crippen LogP contribution in [0.2, 0.25) is 0 Å². The van der Waals surface area contributed by atoms with Crippen LogP contribution in [0.15, 0.2) is 30.7 Å². The Morgan fingerprint density at radius 1 is 1.28 bits per heavy atom. The summed E-state index contributed by atoms with van der Waals surface area (Å²) < 4.78 is 35.1. The Morgan fingerprint density at radius 3 is 3.00 bits per heavy atom. The highest BCUT2D eigenvalue weighted by Gasteiger charge is 2.21. The normalized spacial score (nSPS) is 13.5. The van der Waals surface area contributed by atoms with Gasteiger partial charge in [-0.05, 0) is 12.1 Å². The van der Waals surface area contributed by atoms with E-state index < -0.39 is 17.5 Å². The van der Waals surface area contributed by atoms with Crippen LogP contribution in [-0.2, 0) is 17.9 Å². The third-order valence-corrected chi connectivity index (χ3v) is 3.77. The number of rotatable bonds is 3. The maximum Gasteiger partial charge on any atom is 0.276 e. The van der Waals surface area contributed by atoms with Gasteiger partial charge in [0.05, 0.1) is 12.8 Å². The Morgan fingerprint density at radius 2 is 2.16 bits per heavy atom. The quantitative estimate of drug-likeness (QED) is 0.777. The SMILES string of the molecule is O=C(Nc1ncnn1-c1ccc(F)cc1F)c1cnc2n1CCOC2. The molecule has 0 saturated heterocycles. The monoisotopic (exact) mass is 346 g/mol. The number of imidazole rings is 1. The molecule has 0 fully saturated rings. The summed E-state index contributed by atoms with van der Waals surface area (Å²) in [5, 5.41) is 6.46. The molecule has 0 saturated carbocycles. The van der Waals surface area contributed by atoms with Crippen LogP contribution in [0.5, 0.6) is 0 Å². The molecule has 10 heteroatoms. The van der Waals surface area contributed by atoms with E-state index >= 15 is 0 Å². The van der Waals surface area contributed by atoms with E-state index in [-0.39, 0.29) is 11.6 Å². The summed E-state index contributed by atoms with van der Waals surface area (Å²) in [4.78, 5) is 20.6. The first-order chi connectivity index (χ1) is 12.1. The number of halogens is 2. The molecule has 1 N–H and O–H groups in total. The van der Waals surface area contributed by atoms with Crippen molar-refractivity contribution in [2.75, 3.05) is 11.9 Å². The highest BCUT2D eigenvalue weighted by molar-refractivity contribution is 6.02. The van der Waals surface area contributed by atoms with Crippen molar-refractivity contribution in [3.8, 4) is 5.69 Å². The van der Waals surface area contributed by atoms with Crippen molar-refractivity contribution in [1.82, 2.24) is 24.3 Å². The zero-order valence-electron chi connectivity index (χ0n) is 12.8. The van der Waals surface area contributed by atoms with E-state index in [2.05, 4.69) is 20.4 Å². The van der Waals surface area contributed by atoms with Gasteiger partial charge in [-0.1, -0.05) is 0 Å². The molecule has 3 aromatic rings. The van der Waals surface area contributed by atoms with Crippen LogP contribution in [0, 0.1) is 11.6 Å². The molecule has 0 spiro atoms. The Hall–Kier alpha value is -3.14. The van der Waals surface area contributed by atoms with E-state index in [1.54, 1.807) is 4.57 Å². The minimum Gasteiger partial charge on any atom is -0.372 e. The second kappa shape index (κ2) is 6.06. The van der Waals surface area contributed by atoms with E-state index in [1.165, 1.54) is 12.3 Å². The summed E-state index contributed by atoms with van der Waals surface area (Å²) in [7, 11) is 0. The zero-order valence-corrected chi connectivity index (χ0v) is 12.8. The maximum absolute atomic E-state index is 14.0. The van der Waals surface area contributed by atoms with Gasteiger partial charge in [0.25, 0.3) is 5.91 Å². The van der Waals surface area contributed by atoms with Gasteiger partial charge in [0.2, 0.25) is 5.95 Å². The molecule has 3 heterocycles. The van der Waals surface area contributed by atoms with Crippen LogP contribution in [-0.4, -0.2) is 36.8 Å². The largest absolute Gasteiger partial charge is 0.372 e. The van der Waals surface area contributed by atoms with Crippen LogP contribution in [0.4, 0.5) is 14.7 Å². The first-order valence-corrected chi connectivity index (χ1v) is 7.42. The van der Waals surface area contributed by atoms with Crippen LogP contribution in [0.1, 0.15) is 16.3 Å². The van der Waals surface area contributed by atoms with Crippen LogP contribution in [0.25, 0.3) is 5.69 Å². The fourth-order valence-electron chi connectivity index (χ4n) is 2.60. The van der Waals surface area contributed by atoms with Crippen molar-refractivity contribution in [2.24, 2.45) is 0 Å². The summed E-state index contributed by atoms with van der Waals surface area (Å²) in [6, 6.07) is 3.04. The lowest BCUT2D eigenvalue weighted by Gasteiger charge is -2.16. The number of carbonyl (C=O) groups is 1. The van der Waals surface area contributed by atoms with E-state index in [9.17, 15) is 13.6 Å². The van der Waals surface area contributed by atoms with Gasteiger partial charge in [0.15, 0.2) is 5.82 Å². The number of aromatic nitrogens is 5. The topological polar surface area (TPSA) is 86.9 Å². The third-order valence-electron chi connectivity index (χ3n) is 3.77. The molecule has 0 atom stereocenters. The second-order valence-corrected chi connectivity index (χ2v) is 5.31. The van der Waals surface area contributed by atoms with Gasteiger partial charge in [-0.25, -0.2) is 13.8 Å². The first-order valence-electron chi connectivity index (χ1n) is 7.42. The van der Waals surface area contributed by atoms with Gasteiger partial charge in [-0.15, -0.1) is 0 Å². The molecule has 128 valence electrons. The van der Waals surface area contributed by atoms with Gasteiger partial charge in [-0.2, -0.15) is 14.8 Å². The summed E-state index contributed by atoms with van der Waals surface area (Å²) >= 11 is 0. The number of nitrogens with one attached hydrogen (secondary N) is 1. The number of fused-ring (bicyclic) bond motifs is 1. The number of hydrogen-bond donors (Lipinski definition) is 1. The van der Waals surface area contributed by atoms with Crippen molar-refractivity contribution in [3.05, 3.63) is 53.9 Å². The lowest BCUT2D eigenvalue weighted by atomic mass is 10.3. The molecule has 4 rings (SSSR count). The lowest BCUT2D eigenvalue weighted by Crippen LogP contribution is -2.24. The van der Waals surface area contributed by atoms with E-state index in [0.717, 1.165) is 23.1 Å². The first kappa shape index (κ1) is 15.4. The fourth-order valence-corrected chi connectivity index (χ4v) is 2.60. The number of carbonyl (C=O) groups excluding carboxylic acids is 1. The summed E-state index contributed by atoms with van der Waals surface area (Å²) in [6.45, 7) is 1.34. The molecule has 2 aromatic heterocycles. The zero-order chi connectivity index (χ0) is 17.4. The highest BCUT2D eigenvalue weighted by atomic mass is 19.1. The summed E-state index contributed by atoms with van der Waals surface area (Å²) in [5.41, 5.74) is 0.311. The van der Waals surface area contributed by atoms with Crippen LogP contribution in [0.3, 0.4) is 0 Å². The summed E-state index contributed by atoms with van der Waals surface area (Å²) in [6.07, 6.45) is 2.61. The Balaban J connectivity index is 1.63. The number of amides is 1. The molecule has 1 aliphatic rings. The smallest absolute Gasteiger partial charge is 0.276 e. The van der Waals surface area contributed by atoms with Gasteiger partial charge in [-0.3, -0.25) is 10.1 Å². The van der Waals surface area contributed by atoms with Gasteiger partial charge >= 0.3 is 0 Å². The van der Waals surface area contributed by atoms with E-state index in [0.29, 0.717) is 31.3 Å². The molecule has 0 radical (unpaired) electrons. The molecule has 0 aliphatic carbocycles. The van der Waals surface area contributed by atoms with E-state index in [1.807, 2.05) is 0 Å². The van der Waals surface area contributed by atoms with Gasteiger partial charge in [0, 0.05) is 12.6 Å². The standard InChI is InChI=1S/C15H12F2N6O2/c16-9-1-2-11(10(17)5-9)23-15(19-8-20-23)21-14(24)12-6-18-13-7-25-4-3-22(12)13/h1-2,5-6,8H,3-4,7H2,(H,19,20,21,24). The third kappa shape index (κ3) is 2.76. The van der Waals surface area contributed by atoms with Crippen molar-refractivity contribution < 1.29 is 18.3 Å². The van der Waals surface area contributed by atoms with Crippen molar-refractivity contribution >= 4 is 11.9 Å². The number of nitrogens with zero attached hydrogens (tertiary/aromatic N) is 5. The Kier molecular flexibility index (Phi) is 3.73. The van der Waals surface area contributed by atoms with Gasteiger partial charge < -0.3 is 9.30 Å². The predicted octanol–water partition coefficient (Wildman–Crippen LogP) is 1.52. The molecule has 0 bridgehead atoms. The Labute approximate surface area is 140 Å². The fraction of sp³-hybridized carbons (Fsp3) is 0.200. The molecule has 1 aliphatic heterocycles. The predicted molar refractivity (Wildman–Crippen MR) is 81.1 cm³/mol. The van der Waals surface area contributed by atoms with Crippen LogP contribution >= 0.6 is 0 Å². The number of ether oxygens (including phenoxy) is 1. The number of hydrogen-bond acceptors (Lipinski definition) is 5. The second-order valence-electron chi connectivity index (χ2n) is 5.31. The molecule has 0 unspecified atom stereocenters. The lowest BCUT2D eigenvalue weighted by molar-refractivity contribution is 0.0791. The molecule has 1 aromatic carbocycles. The molecular weight excluding hydrogens is 334 g/mol. The maximum atomic E-state index is 14.0. The minimum atomic E-state index is -0.820. The molecule has 8 nitrogen and oxygen atoms in total. The average molecular weight is 346 g/mol. The Bertz CT molecular complexity index is 951. The minimum absolute atomic E-state index is 0.0121. The van der Waals surface area contributed by atoms with Crippen molar-refractivity contribution in [1.29, 1.82) is 0 Å². The summed E-state index contributed by atoms with van der Waals surface area (Å²) in [5.74, 6) is -1.32. The highest BCUT2D eigenvalue weighted by Crippen LogP contribution is 2.18. The van der Waals surface area contributed by atoms with Crippen LogP contribution < -0.4 is 5.32 Å². The number of benzene rings is 1.